The molecule has 0 spiro atoms. The molecule has 94 valence electrons. The molecule has 0 bridgehead atoms. The average Bonchev–Trinajstić information content (AvgIpc) is 3.01. The van der Waals surface area contributed by atoms with E-state index < -0.39 is 0 Å². The van der Waals surface area contributed by atoms with Gasteiger partial charge in [0.05, 0.1) is 13.4 Å². The molecule has 1 heterocycles. The third-order valence-corrected chi connectivity index (χ3v) is 3.10. The highest BCUT2D eigenvalue weighted by Crippen LogP contribution is 2.35. The van der Waals surface area contributed by atoms with Crippen LogP contribution in [0.1, 0.15) is 0 Å². The van der Waals surface area contributed by atoms with E-state index in [2.05, 4.69) is 18.2 Å². The number of furan rings is 1. The standard InChI is InChI=1S/C17H14O2/c1-18-14-9-10-15(13-6-3-2-4-7-13)16(12-14)17-8-5-11-19-17/h2-12H,1H3. The van der Waals surface area contributed by atoms with Gasteiger partial charge in [-0.05, 0) is 41.5 Å². The van der Waals surface area contributed by atoms with Crippen LogP contribution >= 0.6 is 0 Å². The first-order chi connectivity index (χ1) is 9.38. The zero-order valence-electron chi connectivity index (χ0n) is 10.7. The van der Waals surface area contributed by atoms with Gasteiger partial charge < -0.3 is 9.15 Å². The Kier molecular flexibility index (Phi) is 3.07. The van der Waals surface area contributed by atoms with Gasteiger partial charge in [0.1, 0.15) is 11.5 Å². The molecule has 0 saturated heterocycles. The second-order valence-corrected chi connectivity index (χ2v) is 4.25. The minimum absolute atomic E-state index is 0.825. The summed E-state index contributed by atoms with van der Waals surface area (Å²) in [5.74, 6) is 1.67. The van der Waals surface area contributed by atoms with Crippen LogP contribution in [0.25, 0.3) is 22.5 Å². The molecule has 3 aromatic rings. The average molecular weight is 250 g/mol. The molecule has 19 heavy (non-hydrogen) atoms. The fraction of sp³-hybridized carbons (Fsp3) is 0.0588. The van der Waals surface area contributed by atoms with Crippen LogP contribution in [0, 0.1) is 0 Å². The molecule has 0 aliphatic heterocycles. The monoisotopic (exact) mass is 250 g/mol. The zero-order valence-corrected chi connectivity index (χ0v) is 10.7. The topological polar surface area (TPSA) is 22.4 Å². The summed E-state index contributed by atoms with van der Waals surface area (Å²) in [5.41, 5.74) is 3.34. The van der Waals surface area contributed by atoms with Gasteiger partial charge in [-0.2, -0.15) is 0 Å². The van der Waals surface area contributed by atoms with E-state index in [1.165, 1.54) is 0 Å². The first-order valence-corrected chi connectivity index (χ1v) is 6.16. The van der Waals surface area contributed by atoms with Gasteiger partial charge in [-0.15, -0.1) is 0 Å². The SMILES string of the molecule is COc1ccc(-c2ccccc2)c(-c2ccco2)c1. The zero-order chi connectivity index (χ0) is 13.1. The van der Waals surface area contributed by atoms with Crippen molar-refractivity contribution in [3.05, 3.63) is 66.9 Å². The van der Waals surface area contributed by atoms with Gasteiger partial charge in [0.15, 0.2) is 0 Å². The highest BCUT2D eigenvalue weighted by atomic mass is 16.5. The third kappa shape index (κ3) is 2.25. The third-order valence-electron chi connectivity index (χ3n) is 3.10. The molecule has 0 aliphatic rings. The van der Waals surface area contributed by atoms with E-state index in [-0.39, 0.29) is 0 Å². The lowest BCUT2D eigenvalue weighted by atomic mass is 9.98. The van der Waals surface area contributed by atoms with E-state index in [4.69, 9.17) is 9.15 Å². The smallest absolute Gasteiger partial charge is 0.134 e. The Morgan fingerprint density at radius 3 is 2.37 bits per heavy atom. The lowest BCUT2D eigenvalue weighted by Crippen LogP contribution is -1.87. The lowest BCUT2D eigenvalue weighted by molar-refractivity contribution is 0.415. The van der Waals surface area contributed by atoms with Crippen molar-refractivity contribution in [2.45, 2.75) is 0 Å². The molecule has 0 atom stereocenters. The van der Waals surface area contributed by atoms with Crippen LogP contribution in [0.2, 0.25) is 0 Å². The number of methoxy groups -OCH3 is 1. The summed E-state index contributed by atoms with van der Waals surface area (Å²) in [5, 5.41) is 0. The fourth-order valence-electron chi connectivity index (χ4n) is 2.16. The molecule has 0 unspecified atom stereocenters. The Bertz CT molecular complexity index is 655. The lowest BCUT2D eigenvalue weighted by Gasteiger charge is -2.10. The van der Waals surface area contributed by atoms with Gasteiger partial charge in [-0.1, -0.05) is 30.3 Å². The van der Waals surface area contributed by atoms with Crippen molar-refractivity contribution in [1.82, 2.24) is 0 Å². The maximum absolute atomic E-state index is 5.53. The van der Waals surface area contributed by atoms with Gasteiger partial charge >= 0.3 is 0 Å². The molecule has 2 nitrogen and oxygen atoms in total. The maximum atomic E-state index is 5.53. The normalized spacial score (nSPS) is 10.4. The van der Waals surface area contributed by atoms with Crippen LogP contribution in [0.3, 0.4) is 0 Å². The molecule has 2 aromatic carbocycles. The fourth-order valence-corrected chi connectivity index (χ4v) is 2.16. The second kappa shape index (κ2) is 5.02. The summed E-state index contributed by atoms with van der Waals surface area (Å²) in [4.78, 5) is 0. The van der Waals surface area contributed by atoms with E-state index in [1.54, 1.807) is 13.4 Å². The minimum atomic E-state index is 0.825. The van der Waals surface area contributed by atoms with Gasteiger partial charge in [0.25, 0.3) is 0 Å². The largest absolute Gasteiger partial charge is 0.497 e. The molecule has 0 saturated carbocycles. The molecular formula is C17H14O2. The van der Waals surface area contributed by atoms with E-state index in [1.807, 2.05) is 42.5 Å². The first kappa shape index (κ1) is 11.6. The number of benzene rings is 2. The predicted molar refractivity (Wildman–Crippen MR) is 76.1 cm³/mol. The van der Waals surface area contributed by atoms with Crippen LogP contribution in [-0.2, 0) is 0 Å². The van der Waals surface area contributed by atoms with Crippen molar-refractivity contribution in [2.75, 3.05) is 7.11 Å². The number of rotatable bonds is 3. The number of hydrogen-bond donors (Lipinski definition) is 0. The Morgan fingerprint density at radius 2 is 1.68 bits per heavy atom. The summed E-state index contributed by atoms with van der Waals surface area (Å²) < 4.78 is 10.8. The molecule has 0 amide bonds. The summed E-state index contributed by atoms with van der Waals surface area (Å²) in [6.07, 6.45) is 1.68. The molecule has 2 heteroatoms. The van der Waals surface area contributed by atoms with Crippen LogP contribution in [0.4, 0.5) is 0 Å². The van der Waals surface area contributed by atoms with Crippen molar-refractivity contribution >= 4 is 0 Å². The van der Waals surface area contributed by atoms with Gasteiger partial charge in [0, 0.05) is 5.56 Å². The molecule has 0 aliphatic carbocycles. The Balaban J connectivity index is 2.19. The van der Waals surface area contributed by atoms with Crippen LogP contribution in [0.15, 0.2) is 71.3 Å². The van der Waals surface area contributed by atoms with Crippen molar-refractivity contribution in [3.8, 4) is 28.2 Å². The molecule has 3 rings (SSSR count). The Morgan fingerprint density at radius 1 is 0.842 bits per heavy atom. The molecule has 1 aromatic heterocycles. The maximum Gasteiger partial charge on any atom is 0.134 e. The molecular weight excluding hydrogens is 236 g/mol. The Hall–Kier alpha value is -2.48. The molecule has 0 radical (unpaired) electrons. The van der Waals surface area contributed by atoms with E-state index in [0.29, 0.717) is 0 Å². The van der Waals surface area contributed by atoms with Gasteiger partial charge in [-0.25, -0.2) is 0 Å². The van der Waals surface area contributed by atoms with Crippen molar-refractivity contribution in [2.24, 2.45) is 0 Å². The van der Waals surface area contributed by atoms with Crippen LogP contribution < -0.4 is 4.74 Å². The highest BCUT2D eigenvalue weighted by Gasteiger charge is 2.10. The first-order valence-electron chi connectivity index (χ1n) is 6.16. The van der Waals surface area contributed by atoms with Crippen molar-refractivity contribution in [3.63, 3.8) is 0 Å². The summed E-state index contributed by atoms with van der Waals surface area (Å²) in [7, 11) is 1.67. The van der Waals surface area contributed by atoms with Crippen molar-refractivity contribution in [1.29, 1.82) is 0 Å². The van der Waals surface area contributed by atoms with E-state index in [0.717, 1.165) is 28.2 Å². The molecule has 0 fully saturated rings. The quantitative estimate of drug-likeness (QED) is 0.676. The van der Waals surface area contributed by atoms with Gasteiger partial charge in [0.2, 0.25) is 0 Å². The summed E-state index contributed by atoms with van der Waals surface area (Å²) >= 11 is 0. The van der Waals surface area contributed by atoms with E-state index >= 15 is 0 Å². The van der Waals surface area contributed by atoms with Crippen molar-refractivity contribution < 1.29 is 9.15 Å². The highest BCUT2D eigenvalue weighted by molar-refractivity contribution is 5.82. The number of hydrogen-bond acceptors (Lipinski definition) is 2. The Labute approximate surface area is 112 Å². The summed E-state index contributed by atoms with van der Waals surface area (Å²) in [6, 6.07) is 20.1. The number of ether oxygens (including phenoxy) is 1. The summed E-state index contributed by atoms with van der Waals surface area (Å²) in [6.45, 7) is 0. The van der Waals surface area contributed by atoms with Crippen LogP contribution in [0.5, 0.6) is 5.75 Å². The van der Waals surface area contributed by atoms with Crippen LogP contribution in [-0.4, -0.2) is 7.11 Å². The molecule has 0 N–H and O–H groups in total. The minimum Gasteiger partial charge on any atom is -0.497 e. The van der Waals surface area contributed by atoms with E-state index in [9.17, 15) is 0 Å². The second-order valence-electron chi connectivity index (χ2n) is 4.25. The predicted octanol–water partition coefficient (Wildman–Crippen LogP) is 4.62. The van der Waals surface area contributed by atoms with Gasteiger partial charge in [-0.3, -0.25) is 0 Å².